The molecule has 7 heteroatoms. The van der Waals surface area contributed by atoms with E-state index in [2.05, 4.69) is 41.0 Å². The number of hydrogen-bond acceptors (Lipinski definition) is 6. The minimum atomic E-state index is -2.65. The lowest BCUT2D eigenvalue weighted by atomic mass is 9.78. The predicted octanol–water partition coefficient (Wildman–Crippen LogP) is 5.50. The molecule has 0 amide bonds. The van der Waals surface area contributed by atoms with Crippen LogP contribution in [0.4, 0.5) is 0 Å². The molecule has 7 nitrogen and oxygen atoms in total. The summed E-state index contributed by atoms with van der Waals surface area (Å²) in [5.74, 6) is -4.19. The molecule has 0 saturated carbocycles. The quantitative estimate of drug-likeness (QED) is 0.499. The molecule has 2 aliphatic rings. The molecule has 2 aliphatic heterocycles. The Labute approximate surface area is 225 Å². The summed E-state index contributed by atoms with van der Waals surface area (Å²) in [4.78, 5) is 20.9. The molecule has 1 fully saturated rings. The van der Waals surface area contributed by atoms with E-state index in [1.165, 1.54) is 20.8 Å². The van der Waals surface area contributed by atoms with E-state index in [4.69, 9.17) is 10.0 Å². The zero-order valence-corrected chi connectivity index (χ0v) is 23.2. The van der Waals surface area contributed by atoms with Gasteiger partial charge in [0.1, 0.15) is 11.9 Å². The van der Waals surface area contributed by atoms with Gasteiger partial charge in [-0.3, -0.25) is 14.3 Å². The van der Waals surface area contributed by atoms with Crippen LogP contribution >= 0.6 is 0 Å². The molecule has 1 saturated heterocycles. The van der Waals surface area contributed by atoms with E-state index in [0.717, 1.165) is 39.8 Å². The minimum absolute atomic E-state index is 0.197. The van der Waals surface area contributed by atoms with E-state index >= 15 is 0 Å². The van der Waals surface area contributed by atoms with Crippen molar-refractivity contribution in [2.75, 3.05) is 13.1 Å². The molecule has 8 atom stereocenters. The number of aryl methyl sites for hydroxylation is 2. The number of piperidine rings is 1. The average Bonchev–Trinajstić information content (AvgIpc) is 3.28. The standard InChI is InChI=1S/C30H42N4O3/c1-15-9-10-24-25(13-15)37-32-27(24)23-11-12-33(21(7)19(23)5)14-16(2)26-20(6)31-29-28(35)18(4)17(3)22(8)34(29)30(26)36/h9-10,13,16-19,21-23,28,35H,11-12,14H2,1-8H3/i17D,18D,22D,28D. The molecule has 1 aromatic carbocycles. The van der Waals surface area contributed by atoms with Crippen LogP contribution < -0.4 is 5.56 Å². The maximum absolute atomic E-state index is 14.0. The van der Waals surface area contributed by atoms with Crippen molar-refractivity contribution in [3.05, 3.63) is 56.9 Å². The summed E-state index contributed by atoms with van der Waals surface area (Å²) in [6, 6.07) is 4.45. The van der Waals surface area contributed by atoms with E-state index < -0.39 is 29.4 Å². The van der Waals surface area contributed by atoms with Gasteiger partial charge in [-0.15, -0.1) is 0 Å². The van der Waals surface area contributed by atoms with Gasteiger partial charge in [0.2, 0.25) is 0 Å². The highest BCUT2D eigenvalue weighted by atomic mass is 16.5. The second kappa shape index (κ2) is 9.66. The van der Waals surface area contributed by atoms with Crippen LogP contribution in [0.3, 0.4) is 0 Å². The molecule has 1 N–H and O–H groups in total. The highest BCUT2D eigenvalue weighted by Crippen LogP contribution is 2.41. The third-order valence-corrected chi connectivity index (χ3v) is 9.02. The maximum Gasteiger partial charge on any atom is 0.257 e. The van der Waals surface area contributed by atoms with Gasteiger partial charge in [0.25, 0.3) is 5.56 Å². The predicted molar refractivity (Wildman–Crippen MR) is 146 cm³/mol. The van der Waals surface area contributed by atoms with E-state index in [9.17, 15) is 9.90 Å². The number of likely N-dealkylation sites (tertiary alicyclic amines) is 1. The highest BCUT2D eigenvalue weighted by molar-refractivity contribution is 5.80. The summed E-state index contributed by atoms with van der Waals surface area (Å²) in [5.41, 5.74) is 3.19. The summed E-state index contributed by atoms with van der Waals surface area (Å²) in [5, 5.41) is 16.7. The van der Waals surface area contributed by atoms with Crippen LogP contribution in [0.5, 0.6) is 0 Å². The highest BCUT2D eigenvalue weighted by Gasteiger charge is 2.39. The Hall–Kier alpha value is -2.51. The molecule has 200 valence electrons. The molecule has 8 unspecified atom stereocenters. The average molecular weight is 511 g/mol. The topological polar surface area (TPSA) is 84.4 Å². The van der Waals surface area contributed by atoms with Crippen LogP contribution in [0.25, 0.3) is 11.0 Å². The van der Waals surface area contributed by atoms with Crippen molar-refractivity contribution in [1.29, 1.82) is 0 Å². The Balaban J connectivity index is 1.45. The molecule has 0 bridgehead atoms. The number of rotatable bonds is 4. The van der Waals surface area contributed by atoms with Crippen LogP contribution in [-0.2, 0) is 0 Å². The van der Waals surface area contributed by atoms with Gasteiger partial charge >= 0.3 is 0 Å². The van der Waals surface area contributed by atoms with Gasteiger partial charge in [0.15, 0.2) is 5.58 Å². The lowest BCUT2D eigenvalue weighted by Crippen LogP contribution is -2.48. The first-order chi connectivity index (χ1) is 18.9. The lowest BCUT2D eigenvalue weighted by Gasteiger charge is -2.43. The second-order valence-corrected chi connectivity index (χ2v) is 11.2. The molecular formula is C30H42N4O3. The Bertz CT molecular complexity index is 1560. The number of benzene rings is 1. The normalized spacial score (nSPS) is 40.9. The van der Waals surface area contributed by atoms with Crippen LogP contribution in [0.2, 0.25) is 0 Å². The third-order valence-electron chi connectivity index (χ3n) is 9.02. The van der Waals surface area contributed by atoms with Gasteiger partial charge in [0.05, 0.1) is 8.44 Å². The lowest BCUT2D eigenvalue weighted by molar-refractivity contribution is 0.0307. The number of nitrogens with zero attached hydrogens (tertiary/aromatic N) is 4. The van der Waals surface area contributed by atoms with Gasteiger partial charge in [0, 0.05) is 49.8 Å². The smallest absolute Gasteiger partial charge is 0.257 e. The van der Waals surface area contributed by atoms with Gasteiger partial charge in [-0.1, -0.05) is 38.9 Å². The molecule has 2 aromatic heterocycles. The summed E-state index contributed by atoms with van der Waals surface area (Å²) in [7, 11) is 0. The van der Waals surface area contributed by atoms with Crippen molar-refractivity contribution in [2.24, 2.45) is 17.7 Å². The Kier molecular flexibility index (Phi) is 5.59. The minimum Gasteiger partial charge on any atom is -0.385 e. The fourth-order valence-electron chi connectivity index (χ4n) is 6.32. The monoisotopic (exact) mass is 510 g/mol. The van der Waals surface area contributed by atoms with Gasteiger partial charge in [-0.2, -0.15) is 0 Å². The first kappa shape index (κ1) is 21.4. The maximum atomic E-state index is 14.0. The molecule has 0 aliphatic carbocycles. The molecule has 3 aromatic rings. The van der Waals surface area contributed by atoms with Crippen LogP contribution in [0, 0.1) is 31.6 Å². The van der Waals surface area contributed by atoms with Crippen molar-refractivity contribution in [3.8, 4) is 0 Å². The van der Waals surface area contributed by atoms with Crippen LogP contribution in [0.1, 0.15) is 106 Å². The zero-order valence-electron chi connectivity index (χ0n) is 27.2. The summed E-state index contributed by atoms with van der Waals surface area (Å²) < 4.78 is 41.9. The summed E-state index contributed by atoms with van der Waals surface area (Å²) in [6.07, 6.45) is -1.75. The Morgan fingerprint density at radius 2 is 1.92 bits per heavy atom. The molecule has 37 heavy (non-hydrogen) atoms. The first-order valence-corrected chi connectivity index (χ1v) is 13.3. The van der Waals surface area contributed by atoms with Crippen molar-refractivity contribution in [3.63, 3.8) is 0 Å². The fraction of sp³-hybridized carbons (Fsp3) is 0.633. The van der Waals surface area contributed by atoms with E-state index in [1.54, 1.807) is 6.92 Å². The van der Waals surface area contributed by atoms with Crippen molar-refractivity contribution >= 4 is 11.0 Å². The SMILES string of the molecule is [2H]C1(O)c2nc(C)c(C(C)CN3CCC(c4noc5cc(C)ccc45)C(C)C3C)c(=O)n2C([2H])(C)C([2H])(C)C1([2H])C. The fourth-order valence-corrected chi connectivity index (χ4v) is 6.32. The van der Waals surface area contributed by atoms with Crippen LogP contribution in [0.15, 0.2) is 27.5 Å². The van der Waals surface area contributed by atoms with Crippen LogP contribution in [-0.4, -0.2) is 43.8 Å². The summed E-state index contributed by atoms with van der Waals surface area (Å²) >= 11 is 0. The Morgan fingerprint density at radius 3 is 2.65 bits per heavy atom. The summed E-state index contributed by atoms with van der Waals surface area (Å²) in [6.45, 7) is 15.5. The van der Waals surface area contributed by atoms with Gasteiger partial charge in [-0.05, 0) is 76.1 Å². The van der Waals surface area contributed by atoms with E-state index in [-0.39, 0.29) is 29.6 Å². The van der Waals surface area contributed by atoms with Crippen molar-refractivity contribution in [2.45, 2.75) is 91.8 Å². The molecular weight excluding hydrogens is 464 g/mol. The molecule has 0 spiro atoms. The number of aliphatic hydroxyl groups is 1. The largest absolute Gasteiger partial charge is 0.385 e. The number of hydrogen-bond donors (Lipinski definition) is 1. The van der Waals surface area contributed by atoms with Gasteiger partial charge < -0.3 is 9.63 Å². The second-order valence-electron chi connectivity index (χ2n) is 11.2. The Morgan fingerprint density at radius 1 is 1.19 bits per heavy atom. The molecule has 5 rings (SSSR count). The number of aromatic nitrogens is 3. The van der Waals surface area contributed by atoms with E-state index in [0.29, 0.717) is 17.8 Å². The molecule has 0 radical (unpaired) electrons. The van der Waals surface area contributed by atoms with Gasteiger partial charge in [-0.25, -0.2) is 4.98 Å². The van der Waals surface area contributed by atoms with Crippen molar-refractivity contribution in [1.82, 2.24) is 19.6 Å². The number of fused-ring (bicyclic) bond motifs is 2. The van der Waals surface area contributed by atoms with E-state index in [1.807, 2.05) is 19.9 Å². The zero-order chi connectivity index (χ0) is 30.4. The first-order valence-electron chi connectivity index (χ1n) is 15.3. The molecule has 4 heterocycles. The third kappa shape index (κ3) is 4.24. The van der Waals surface area contributed by atoms with Crippen molar-refractivity contribution < 1.29 is 15.1 Å².